The lowest BCUT2D eigenvalue weighted by molar-refractivity contribution is 0.415. The Labute approximate surface area is 125 Å². The Morgan fingerprint density at radius 2 is 2.20 bits per heavy atom. The molecule has 2 aromatic heterocycles. The average Bonchev–Trinajstić information content (AvgIpc) is 2.96. The lowest BCUT2D eigenvalue weighted by Gasteiger charge is -2.03. The number of benzene rings is 1. The monoisotopic (exact) mass is 306 g/mol. The largest absolute Gasteiger partial charge is 0.497 e. The van der Waals surface area contributed by atoms with E-state index in [1.165, 1.54) is 0 Å². The fourth-order valence-corrected chi connectivity index (χ4v) is 3.67. The minimum atomic E-state index is 0.829. The van der Waals surface area contributed by atoms with Crippen molar-refractivity contribution in [2.75, 3.05) is 21.2 Å². The predicted octanol–water partition coefficient (Wildman–Crippen LogP) is 3.04. The molecule has 0 aliphatic heterocycles. The van der Waals surface area contributed by atoms with E-state index in [-0.39, 0.29) is 0 Å². The Morgan fingerprint density at radius 3 is 2.90 bits per heavy atom. The first-order valence-corrected chi connectivity index (χ1v) is 7.60. The highest BCUT2D eigenvalue weighted by Gasteiger charge is 2.11. The van der Waals surface area contributed by atoms with E-state index in [1.54, 1.807) is 30.4 Å². The van der Waals surface area contributed by atoms with Gasteiger partial charge in [-0.15, -0.1) is 5.10 Å². The molecule has 20 heavy (non-hydrogen) atoms. The molecule has 0 aliphatic rings. The van der Waals surface area contributed by atoms with Gasteiger partial charge < -0.3 is 4.74 Å². The number of imidazole rings is 1. The summed E-state index contributed by atoms with van der Waals surface area (Å²) in [4.78, 5) is 5.51. The second-order valence-corrected chi connectivity index (χ2v) is 6.87. The molecule has 0 fully saturated rings. The van der Waals surface area contributed by atoms with E-state index in [0.29, 0.717) is 0 Å². The van der Waals surface area contributed by atoms with Crippen molar-refractivity contribution in [1.29, 1.82) is 0 Å². The van der Waals surface area contributed by atoms with Crippen molar-refractivity contribution >= 4 is 28.2 Å². The minimum absolute atomic E-state index is 0.829. The molecule has 0 saturated carbocycles. The maximum Gasteiger partial charge on any atom is 0.213 e. The quantitative estimate of drug-likeness (QED) is 0.693. The van der Waals surface area contributed by atoms with Gasteiger partial charge in [-0.3, -0.25) is 4.31 Å². The number of hydrogen-bond donors (Lipinski definition) is 0. The molecule has 3 rings (SSSR count). The lowest BCUT2D eigenvalue weighted by atomic mass is 10.1. The van der Waals surface area contributed by atoms with Crippen molar-refractivity contribution in [3.05, 3.63) is 30.5 Å². The lowest BCUT2D eigenvalue weighted by Crippen LogP contribution is -1.98. The van der Waals surface area contributed by atoms with Crippen LogP contribution in [-0.2, 0) is 0 Å². The zero-order chi connectivity index (χ0) is 14.1. The van der Waals surface area contributed by atoms with Gasteiger partial charge in [-0.25, -0.2) is 9.50 Å². The third kappa shape index (κ3) is 2.65. The molecule has 2 heterocycles. The van der Waals surface area contributed by atoms with Crippen LogP contribution in [0.4, 0.5) is 0 Å². The van der Waals surface area contributed by atoms with Crippen LogP contribution in [0.1, 0.15) is 0 Å². The van der Waals surface area contributed by atoms with Crippen molar-refractivity contribution < 1.29 is 4.74 Å². The van der Waals surface area contributed by atoms with Gasteiger partial charge in [-0.1, -0.05) is 23.5 Å². The summed E-state index contributed by atoms with van der Waals surface area (Å²) in [7, 11) is 5.66. The molecule has 0 radical (unpaired) electrons. The maximum atomic E-state index is 5.24. The van der Waals surface area contributed by atoms with Gasteiger partial charge in [0.2, 0.25) is 4.96 Å². The third-order valence-electron chi connectivity index (χ3n) is 2.65. The van der Waals surface area contributed by atoms with Crippen LogP contribution in [0.2, 0.25) is 0 Å². The van der Waals surface area contributed by atoms with E-state index < -0.39 is 0 Å². The van der Waals surface area contributed by atoms with Crippen LogP contribution in [-0.4, -0.2) is 40.1 Å². The first-order chi connectivity index (χ1) is 9.65. The van der Waals surface area contributed by atoms with Crippen LogP contribution >= 0.6 is 23.3 Å². The van der Waals surface area contributed by atoms with Crippen molar-refractivity contribution in [3.63, 3.8) is 0 Å². The molecule has 0 atom stereocenters. The summed E-state index contributed by atoms with van der Waals surface area (Å²) >= 11 is 3.18. The van der Waals surface area contributed by atoms with Gasteiger partial charge in [-0.05, 0) is 38.2 Å². The Hall–Kier alpha value is -1.57. The van der Waals surface area contributed by atoms with Crippen LogP contribution < -0.4 is 4.74 Å². The molecule has 0 spiro atoms. The van der Waals surface area contributed by atoms with E-state index in [4.69, 9.17) is 4.74 Å². The molecule has 7 heteroatoms. The molecule has 0 aliphatic carbocycles. The molecule has 0 saturated heterocycles. The van der Waals surface area contributed by atoms with Crippen LogP contribution in [0, 0.1) is 0 Å². The highest BCUT2D eigenvalue weighted by molar-refractivity contribution is 7.98. The third-order valence-corrected chi connectivity index (χ3v) is 4.44. The first-order valence-electron chi connectivity index (χ1n) is 6.01. The number of hydrogen-bond acceptors (Lipinski definition) is 6. The van der Waals surface area contributed by atoms with Crippen molar-refractivity contribution in [2.45, 2.75) is 4.34 Å². The predicted molar refractivity (Wildman–Crippen MR) is 82.4 cm³/mol. The Morgan fingerprint density at radius 1 is 1.35 bits per heavy atom. The summed E-state index contributed by atoms with van der Waals surface area (Å²) in [5.41, 5.74) is 1.94. The van der Waals surface area contributed by atoms with E-state index in [0.717, 1.165) is 26.3 Å². The van der Waals surface area contributed by atoms with Gasteiger partial charge in [-0.2, -0.15) is 0 Å². The highest BCUT2D eigenvalue weighted by Crippen LogP contribution is 2.29. The number of aromatic nitrogens is 3. The number of fused-ring (bicyclic) bond motifs is 1. The molecule has 5 nitrogen and oxygen atoms in total. The normalized spacial score (nSPS) is 11.4. The standard InChI is InChI=1S/C13H14N4OS2/c1-16(2)20-13-15-17-8-11(14-12(17)19-13)9-5-4-6-10(7-9)18-3/h4-8H,1-3H3. The molecule has 0 unspecified atom stereocenters. The van der Waals surface area contributed by atoms with Crippen molar-refractivity contribution in [1.82, 2.24) is 18.9 Å². The summed E-state index contributed by atoms with van der Waals surface area (Å²) in [6, 6.07) is 7.88. The number of rotatable bonds is 4. The molecular weight excluding hydrogens is 292 g/mol. The van der Waals surface area contributed by atoms with Crippen LogP contribution in [0.15, 0.2) is 34.8 Å². The maximum absolute atomic E-state index is 5.24. The topological polar surface area (TPSA) is 42.7 Å². The van der Waals surface area contributed by atoms with Gasteiger partial charge in [0, 0.05) is 5.56 Å². The van der Waals surface area contributed by atoms with E-state index in [1.807, 2.05) is 53.4 Å². The van der Waals surface area contributed by atoms with Gasteiger partial charge >= 0.3 is 0 Å². The fourth-order valence-electron chi connectivity index (χ4n) is 1.80. The summed E-state index contributed by atoms with van der Waals surface area (Å²) in [5, 5.41) is 4.50. The number of ether oxygens (including phenoxy) is 1. The van der Waals surface area contributed by atoms with Gasteiger partial charge in [0.15, 0.2) is 4.34 Å². The van der Waals surface area contributed by atoms with Gasteiger partial charge in [0.05, 0.1) is 19.0 Å². The SMILES string of the molecule is COc1cccc(-c2cn3nc(SN(C)C)sc3n2)c1. The Bertz CT molecular complexity index is 703. The molecule has 0 N–H and O–H groups in total. The van der Waals surface area contributed by atoms with Gasteiger partial charge in [0.1, 0.15) is 5.75 Å². The van der Waals surface area contributed by atoms with Crippen LogP contribution in [0.5, 0.6) is 5.75 Å². The molecule has 104 valence electrons. The summed E-state index contributed by atoms with van der Waals surface area (Å²) in [6.07, 6.45) is 1.94. The smallest absolute Gasteiger partial charge is 0.213 e. The number of methoxy groups -OCH3 is 1. The van der Waals surface area contributed by atoms with Crippen molar-refractivity contribution in [2.24, 2.45) is 0 Å². The fraction of sp³-hybridized carbons (Fsp3) is 0.231. The second-order valence-electron chi connectivity index (χ2n) is 4.36. The van der Waals surface area contributed by atoms with E-state index >= 15 is 0 Å². The Kier molecular flexibility index (Phi) is 3.64. The second kappa shape index (κ2) is 5.43. The minimum Gasteiger partial charge on any atom is -0.497 e. The first kappa shape index (κ1) is 13.4. The van der Waals surface area contributed by atoms with E-state index in [2.05, 4.69) is 10.1 Å². The average molecular weight is 306 g/mol. The van der Waals surface area contributed by atoms with Gasteiger partial charge in [0.25, 0.3) is 0 Å². The molecule has 0 amide bonds. The summed E-state index contributed by atoms with van der Waals surface area (Å²) in [6.45, 7) is 0. The highest BCUT2D eigenvalue weighted by atomic mass is 32.2. The number of nitrogens with zero attached hydrogens (tertiary/aromatic N) is 4. The summed E-state index contributed by atoms with van der Waals surface area (Å²) in [5.74, 6) is 0.829. The van der Waals surface area contributed by atoms with Crippen LogP contribution in [0.3, 0.4) is 0 Å². The molecule has 0 bridgehead atoms. The zero-order valence-electron chi connectivity index (χ0n) is 11.4. The summed E-state index contributed by atoms with van der Waals surface area (Å²) < 4.78 is 10.1. The molecule has 3 aromatic rings. The molecular formula is C13H14N4OS2. The van der Waals surface area contributed by atoms with E-state index in [9.17, 15) is 0 Å². The molecule has 1 aromatic carbocycles. The Balaban J connectivity index is 1.94. The zero-order valence-corrected chi connectivity index (χ0v) is 13.0. The van der Waals surface area contributed by atoms with Crippen molar-refractivity contribution in [3.8, 4) is 17.0 Å². The van der Waals surface area contributed by atoms with Crippen LogP contribution in [0.25, 0.3) is 16.2 Å².